The zero-order valence-corrected chi connectivity index (χ0v) is 21.7. The lowest BCUT2D eigenvalue weighted by Crippen LogP contribution is -2.33. The number of aromatic nitrogens is 3. The lowest BCUT2D eigenvalue weighted by Gasteiger charge is -2.25. The van der Waals surface area contributed by atoms with Gasteiger partial charge in [-0.05, 0) is 54.8 Å². The Morgan fingerprint density at radius 1 is 1.08 bits per heavy atom. The summed E-state index contributed by atoms with van der Waals surface area (Å²) in [4.78, 5) is 26.8. The monoisotopic (exact) mass is 501 g/mol. The summed E-state index contributed by atoms with van der Waals surface area (Å²) in [7, 11) is 0. The molecule has 194 valence electrons. The number of carbonyl (C=O) groups excluding carboxylic acids is 1. The van der Waals surface area contributed by atoms with Crippen LogP contribution in [0, 0.1) is 5.92 Å². The molecule has 4 heterocycles. The Labute approximate surface area is 217 Å². The van der Waals surface area contributed by atoms with Crippen molar-refractivity contribution in [1.82, 2.24) is 25.6 Å². The van der Waals surface area contributed by atoms with Crippen LogP contribution >= 0.6 is 0 Å². The van der Waals surface area contributed by atoms with Gasteiger partial charge in [0.1, 0.15) is 11.4 Å². The number of benzene rings is 1. The van der Waals surface area contributed by atoms with E-state index in [0.717, 1.165) is 56.2 Å². The number of fused-ring (bicyclic) bond motifs is 1. The van der Waals surface area contributed by atoms with E-state index in [1.807, 2.05) is 18.2 Å². The highest BCUT2D eigenvalue weighted by Crippen LogP contribution is 2.27. The summed E-state index contributed by atoms with van der Waals surface area (Å²) in [6.07, 6.45) is 5.23. The number of ether oxygens (including phenoxy) is 1. The molecule has 37 heavy (non-hydrogen) atoms. The number of pyridine rings is 1. The standard InChI is InChI=1S/C28H35N7O2/c1-28(2,3)24-13-22(8-11-30-24)33-25-23(26(36)31-10-6-18-16-37-17-18)15-32-27(35-25)34-21-5-4-20-14-29-9-7-19(20)12-21/h4-5,8,11-13,15,18,29H,6-7,9-10,14,16-17H2,1-3H3,(H,31,36)(H2,30,32,33,34,35). The first-order valence-electron chi connectivity index (χ1n) is 12.9. The molecule has 0 atom stereocenters. The van der Waals surface area contributed by atoms with Crippen molar-refractivity contribution >= 4 is 29.0 Å². The van der Waals surface area contributed by atoms with Gasteiger partial charge < -0.3 is 26.0 Å². The molecule has 0 saturated carbocycles. The Bertz CT molecular complexity index is 1270. The van der Waals surface area contributed by atoms with E-state index in [4.69, 9.17) is 9.72 Å². The van der Waals surface area contributed by atoms with Crippen LogP contribution in [0.25, 0.3) is 0 Å². The summed E-state index contributed by atoms with van der Waals surface area (Å²) in [5.41, 5.74) is 5.60. The molecule has 4 N–H and O–H groups in total. The third-order valence-electron chi connectivity index (χ3n) is 6.72. The third kappa shape index (κ3) is 6.23. The van der Waals surface area contributed by atoms with Gasteiger partial charge in [0.05, 0.1) is 13.2 Å². The Kier molecular flexibility index (Phi) is 7.34. The predicted molar refractivity (Wildman–Crippen MR) is 145 cm³/mol. The fraction of sp³-hybridized carbons (Fsp3) is 0.429. The highest BCUT2D eigenvalue weighted by Gasteiger charge is 2.21. The van der Waals surface area contributed by atoms with Crippen LogP contribution in [-0.4, -0.2) is 47.2 Å². The van der Waals surface area contributed by atoms with E-state index in [1.165, 1.54) is 11.1 Å². The van der Waals surface area contributed by atoms with E-state index >= 15 is 0 Å². The maximum absolute atomic E-state index is 13.1. The van der Waals surface area contributed by atoms with Gasteiger partial charge in [0.15, 0.2) is 0 Å². The van der Waals surface area contributed by atoms with E-state index in [2.05, 4.69) is 64.1 Å². The summed E-state index contributed by atoms with van der Waals surface area (Å²) >= 11 is 0. The molecular formula is C28H35N7O2. The van der Waals surface area contributed by atoms with E-state index < -0.39 is 0 Å². The Hall–Kier alpha value is -3.56. The lowest BCUT2D eigenvalue weighted by molar-refractivity contribution is -0.0349. The maximum atomic E-state index is 13.1. The molecule has 1 amide bonds. The van der Waals surface area contributed by atoms with Gasteiger partial charge in [-0.1, -0.05) is 26.8 Å². The van der Waals surface area contributed by atoms with Crippen molar-refractivity contribution in [3.8, 4) is 0 Å². The van der Waals surface area contributed by atoms with Gasteiger partial charge in [-0.15, -0.1) is 0 Å². The van der Waals surface area contributed by atoms with Crippen LogP contribution in [0.5, 0.6) is 0 Å². The van der Waals surface area contributed by atoms with Gasteiger partial charge in [0, 0.05) is 53.9 Å². The fourth-order valence-electron chi connectivity index (χ4n) is 4.38. The van der Waals surface area contributed by atoms with E-state index in [9.17, 15) is 4.79 Å². The number of hydrogen-bond donors (Lipinski definition) is 4. The number of anilines is 4. The first-order valence-corrected chi connectivity index (χ1v) is 12.9. The Balaban J connectivity index is 1.39. The van der Waals surface area contributed by atoms with Crippen LogP contribution < -0.4 is 21.3 Å². The minimum absolute atomic E-state index is 0.108. The molecule has 0 radical (unpaired) electrons. The molecular weight excluding hydrogens is 466 g/mol. The zero-order chi connectivity index (χ0) is 25.8. The molecule has 5 rings (SSSR count). The first kappa shape index (κ1) is 25.1. The number of rotatable bonds is 8. The number of nitrogens with zero attached hydrogens (tertiary/aromatic N) is 3. The molecule has 9 heteroatoms. The molecule has 0 spiro atoms. The van der Waals surface area contributed by atoms with Gasteiger partial charge in [0.25, 0.3) is 5.91 Å². The molecule has 1 fully saturated rings. The highest BCUT2D eigenvalue weighted by molar-refractivity contribution is 5.99. The maximum Gasteiger partial charge on any atom is 0.256 e. The molecule has 0 unspecified atom stereocenters. The molecule has 2 aromatic heterocycles. The smallest absolute Gasteiger partial charge is 0.256 e. The number of nitrogens with one attached hydrogen (secondary N) is 4. The topological polar surface area (TPSA) is 113 Å². The average Bonchev–Trinajstić information content (AvgIpc) is 2.85. The summed E-state index contributed by atoms with van der Waals surface area (Å²) < 4.78 is 5.23. The molecule has 1 aromatic carbocycles. The first-order chi connectivity index (χ1) is 17.8. The molecule has 9 nitrogen and oxygen atoms in total. The number of hydrogen-bond acceptors (Lipinski definition) is 8. The molecule has 3 aromatic rings. The van der Waals surface area contributed by atoms with Crippen molar-refractivity contribution < 1.29 is 9.53 Å². The van der Waals surface area contributed by atoms with Crippen molar-refractivity contribution in [3.05, 3.63) is 65.1 Å². The number of carbonyl (C=O) groups is 1. The largest absolute Gasteiger partial charge is 0.381 e. The highest BCUT2D eigenvalue weighted by atomic mass is 16.5. The van der Waals surface area contributed by atoms with Crippen LogP contribution in [0.4, 0.5) is 23.1 Å². The second-order valence-electron chi connectivity index (χ2n) is 10.7. The fourth-order valence-corrected chi connectivity index (χ4v) is 4.38. The molecule has 0 bridgehead atoms. The molecule has 2 aliphatic rings. The van der Waals surface area contributed by atoms with Crippen LogP contribution in [0.3, 0.4) is 0 Å². The quantitative estimate of drug-likeness (QED) is 0.365. The van der Waals surface area contributed by atoms with Crippen LogP contribution in [0.1, 0.15) is 54.4 Å². The molecule has 0 aliphatic carbocycles. The predicted octanol–water partition coefficient (Wildman–Crippen LogP) is 4.07. The zero-order valence-electron chi connectivity index (χ0n) is 21.7. The SMILES string of the molecule is CC(C)(C)c1cc(Nc2nc(Nc3ccc4c(c3)CCNC4)ncc2C(=O)NCCC2COC2)ccn1. The third-order valence-corrected chi connectivity index (χ3v) is 6.72. The van der Waals surface area contributed by atoms with Crippen LogP contribution in [-0.2, 0) is 23.1 Å². The van der Waals surface area contributed by atoms with Crippen molar-refractivity contribution in [2.24, 2.45) is 5.92 Å². The number of amides is 1. The van der Waals surface area contributed by atoms with Gasteiger partial charge >= 0.3 is 0 Å². The summed E-state index contributed by atoms with van der Waals surface area (Å²) in [6.45, 7) is 10.3. The van der Waals surface area contributed by atoms with Crippen LogP contribution in [0.15, 0.2) is 42.7 Å². The van der Waals surface area contributed by atoms with E-state index in [-0.39, 0.29) is 11.3 Å². The minimum Gasteiger partial charge on any atom is -0.381 e. The van der Waals surface area contributed by atoms with Crippen LogP contribution in [0.2, 0.25) is 0 Å². The van der Waals surface area contributed by atoms with E-state index in [1.54, 1.807) is 12.4 Å². The summed E-state index contributed by atoms with van der Waals surface area (Å²) in [5, 5.41) is 13.1. The Morgan fingerprint density at radius 2 is 1.92 bits per heavy atom. The van der Waals surface area contributed by atoms with Crippen molar-refractivity contribution in [2.75, 3.05) is 36.9 Å². The average molecular weight is 502 g/mol. The van der Waals surface area contributed by atoms with Crippen molar-refractivity contribution in [3.63, 3.8) is 0 Å². The van der Waals surface area contributed by atoms with Gasteiger partial charge in [-0.3, -0.25) is 9.78 Å². The lowest BCUT2D eigenvalue weighted by atomic mass is 9.91. The van der Waals surface area contributed by atoms with E-state index in [0.29, 0.717) is 29.8 Å². The molecule has 1 saturated heterocycles. The summed E-state index contributed by atoms with van der Waals surface area (Å²) in [6, 6.07) is 10.2. The molecule has 2 aliphatic heterocycles. The minimum atomic E-state index is -0.208. The van der Waals surface area contributed by atoms with Gasteiger partial charge in [-0.25, -0.2) is 4.98 Å². The normalized spacial score (nSPS) is 15.4. The van der Waals surface area contributed by atoms with Gasteiger partial charge in [-0.2, -0.15) is 4.98 Å². The summed E-state index contributed by atoms with van der Waals surface area (Å²) in [5.74, 6) is 1.17. The second kappa shape index (κ2) is 10.8. The van der Waals surface area contributed by atoms with Crippen molar-refractivity contribution in [1.29, 1.82) is 0 Å². The second-order valence-corrected chi connectivity index (χ2v) is 10.7. The van der Waals surface area contributed by atoms with Crippen molar-refractivity contribution in [2.45, 2.75) is 45.6 Å². The van der Waals surface area contributed by atoms with Gasteiger partial charge in [0.2, 0.25) is 5.95 Å². The Morgan fingerprint density at radius 3 is 2.70 bits per heavy atom.